The summed E-state index contributed by atoms with van der Waals surface area (Å²) in [6.45, 7) is -0.183. The summed E-state index contributed by atoms with van der Waals surface area (Å²) in [7, 11) is 0. The number of hydrogen-bond acceptors (Lipinski definition) is 3. The minimum Gasteiger partial charge on any atom is -0.359 e. The van der Waals surface area contributed by atoms with Crippen molar-refractivity contribution in [2.75, 3.05) is 18.0 Å². The molecule has 1 aliphatic heterocycles. The maximum absolute atomic E-state index is 13.4. The number of para-hydroxylation sites is 1. The highest BCUT2D eigenvalue weighted by Gasteiger charge is 2.37. The minimum atomic E-state index is -2.83. The van der Waals surface area contributed by atoms with Gasteiger partial charge in [-0.25, -0.2) is 8.78 Å². The topological polar surface area (TPSA) is 46.4 Å². The number of piperidine rings is 1. The molecule has 2 rings (SSSR count). The fourth-order valence-corrected chi connectivity index (χ4v) is 2.41. The fourth-order valence-electron chi connectivity index (χ4n) is 2.12. The molecule has 1 saturated heterocycles. The van der Waals surface area contributed by atoms with E-state index in [0.29, 0.717) is 6.54 Å². The van der Waals surface area contributed by atoms with Crippen molar-refractivity contribution >= 4 is 23.0 Å². The molecule has 7 heteroatoms. The number of benzene rings is 1. The first kappa shape index (κ1) is 13.0. The van der Waals surface area contributed by atoms with Gasteiger partial charge in [-0.3, -0.25) is 10.1 Å². The molecule has 0 spiro atoms. The zero-order chi connectivity index (χ0) is 13.3. The Hall–Kier alpha value is -1.43. The van der Waals surface area contributed by atoms with Gasteiger partial charge in [-0.2, -0.15) is 0 Å². The molecule has 0 aliphatic carbocycles. The van der Waals surface area contributed by atoms with Crippen molar-refractivity contribution in [3.63, 3.8) is 0 Å². The average Bonchev–Trinajstić information content (AvgIpc) is 2.27. The molecule has 0 saturated carbocycles. The van der Waals surface area contributed by atoms with Gasteiger partial charge >= 0.3 is 0 Å². The molecular weight excluding hydrogens is 266 g/mol. The SMILES string of the molecule is O=[N+]([O-])c1cccc(Cl)c1N1CCCC(F)(F)C1. The standard InChI is InChI=1S/C11H11ClF2N2O2/c12-8-3-1-4-9(16(17)18)10(8)15-6-2-5-11(13,14)7-15/h1,3-4H,2,5-7H2. The van der Waals surface area contributed by atoms with Gasteiger partial charge in [0, 0.05) is 19.0 Å². The van der Waals surface area contributed by atoms with E-state index in [1.54, 1.807) is 0 Å². The van der Waals surface area contributed by atoms with Gasteiger partial charge in [0.15, 0.2) is 0 Å². The first-order valence-corrected chi connectivity index (χ1v) is 5.84. The van der Waals surface area contributed by atoms with E-state index >= 15 is 0 Å². The quantitative estimate of drug-likeness (QED) is 0.614. The summed E-state index contributed by atoms with van der Waals surface area (Å²) in [4.78, 5) is 11.6. The second-order valence-electron chi connectivity index (χ2n) is 4.25. The van der Waals surface area contributed by atoms with Crippen LogP contribution in [-0.4, -0.2) is 23.9 Å². The van der Waals surface area contributed by atoms with Gasteiger partial charge in [-0.15, -0.1) is 0 Å². The molecule has 1 aromatic carbocycles. The lowest BCUT2D eigenvalue weighted by molar-refractivity contribution is -0.384. The lowest BCUT2D eigenvalue weighted by Crippen LogP contribution is -2.43. The smallest absolute Gasteiger partial charge is 0.294 e. The normalized spacial score (nSPS) is 18.7. The first-order chi connectivity index (χ1) is 8.41. The Morgan fingerprint density at radius 3 is 2.78 bits per heavy atom. The Labute approximate surface area is 107 Å². The van der Waals surface area contributed by atoms with Crippen LogP contribution in [0.25, 0.3) is 0 Å². The second-order valence-corrected chi connectivity index (χ2v) is 4.65. The zero-order valence-electron chi connectivity index (χ0n) is 9.41. The van der Waals surface area contributed by atoms with Crippen molar-refractivity contribution in [3.05, 3.63) is 33.3 Å². The maximum atomic E-state index is 13.4. The zero-order valence-corrected chi connectivity index (χ0v) is 10.2. The molecule has 0 aromatic heterocycles. The number of anilines is 1. The van der Waals surface area contributed by atoms with Gasteiger partial charge in [-0.1, -0.05) is 17.7 Å². The van der Waals surface area contributed by atoms with Crippen molar-refractivity contribution in [1.29, 1.82) is 0 Å². The van der Waals surface area contributed by atoms with E-state index in [4.69, 9.17) is 11.6 Å². The Morgan fingerprint density at radius 2 is 2.17 bits per heavy atom. The van der Waals surface area contributed by atoms with E-state index in [2.05, 4.69) is 0 Å². The van der Waals surface area contributed by atoms with Crippen LogP contribution in [0.1, 0.15) is 12.8 Å². The fraction of sp³-hybridized carbons (Fsp3) is 0.455. The van der Waals surface area contributed by atoms with E-state index < -0.39 is 17.4 Å². The third kappa shape index (κ3) is 2.53. The Balaban J connectivity index is 2.41. The Morgan fingerprint density at radius 1 is 1.44 bits per heavy atom. The molecule has 1 aromatic rings. The van der Waals surface area contributed by atoms with E-state index in [0.717, 1.165) is 0 Å². The van der Waals surface area contributed by atoms with Gasteiger partial charge in [0.1, 0.15) is 5.69 Å². The van der Waals surface area contributed by atoms with Crippen LogP contribution in [0.3, 0.4) is 0 Å². The second kappa shape index (κ2) is 4.68. The average molecular weight is 277 g/mol. The molecule has 1 aliphatic rings. The molecule has 1 fully saturated rings. The van der Waals surface area contributed by atoms with E-state index in [9.17, 15) is 18.9 Å². The highest BCUT2D eigenvalue weighted by Crippen LogP contribution is 2.39. The van der Waals surface area contributed by atoms with E-state index in [1.165, 1.54) is 23.1 Å². The van der Waals surface area contributed by atoms with E-state index in [1.807, 2.05) is 0 Å². The maximum Gasteiger partial charge on any atom is 0.294 e. The third-order valence-corrected chi connectivity index (χ3v) is 3.18. The third-order valence-electron chi connectivity index (χ3n) is 2.87. The Bertz CT molecular complexity index is 482. The van der Waals surface area contributed by atoms with Crippen LogP contribution in [-0.2, 0) is 0 Å². The summed E-state index contributed by atoms with van der Waals surface area (Å²) in [6, 6.07) is 4.18. The van der Waals surface area contributed by atoms with Gasteiger partial charge in [-0.05, 0) is 12.5 Å². The summed E-state index contributed by atoms with van der Waals surface area (Å²) in [6.07, 6.45) is 0.0944. The molecule has 0 unspecified atom stereocenters. The highest BCUT2D eigenvalue weighted by molar-refractivity contribution is 6.33. The summed E-state index contributed by atoms with van der Waals surface area (Å²) < 4.78 is 26.7. The number of nitro benzene ring substituents is 1. The number of hydrogen-bond donors (Lipinski definition) is 0. The summed E-state index contributed by atoms with van der Waals surface area (Å²) >= 11 is 5.91. The molecule has 18 heavy (non-hydrogen) atoms. The van der Waals surface area contributed by atoms with Crippen LogP contribution >= 0.6 is 11.6 Å². The van der Waals surface area contributed by atoms with Crippen molar-refractivity contribution in [2.45, 2.75) is 18.8 Å². The van der Waals surface area contributed by atoms with Crippen molar-refractivity contribution in [2.24, 2.45) is 0 Å². The number of nitrogens with zero attached hydrogens (tertiary/aromatic N) is 2. The minimum absolute atomic E-state index is 0.0866. The largest absolute Gasteiger partial charge is 0.359 e. The predicted octanol–water partition coefficient (Wildman–Crippen LogP) is 3.48. The molecule has 0 amide bonds. The van der Waals surface area contributed by atoms with Gasteiger partial charge in [0.05, 0.1) is 16.5 Å². The van der Waals surface area contributed by atoms with Gasteiger partial charge in [0.25, 0.3) is 11.6 Å². The molecule has 1 heterocycles. The predicted molar refractivity (Wildman–Crippen MR) is 64.5 cm³/mol. The summed E-state index contributed by atoms with van der Waals surface area (Å²) in [5.41, 5.74) is -0.149. The number of halogens is 3. The lowest BCUT2D eigenvalue weighted by Gasteiger charge is -2.34. The number of alkyl halides is 2. The summed E-state index contributed by atoms with van der Waals surface area (Å²) in [5.74, 6) is -2.83. The van der Waals surface area contributed by atoms with Crippen LogP contribution in [0, 0.1) is 10.1 Å². The molecule has 98 valence electrons. The van der Waals surface area contributed by atoms with Crippen molar-refractivity contribution in [1.82, 2.24) is 0 Å². The molecule has 0 N–H and O–H groups in total. The Kier molecular flexibility index (Phi) is 3.38. The van der Waals surface area contributed by atoms with Gasteiger partial charge < -0.3 is 4.90 Å². The monoisotopic (exact) mass is 276 g/mol. The lowest BCUT2D eigenvalue weighted by atomic mass is 10.1. The number of nitro groups is 1. The molecule has 0 atom stereocenters. The molecule has 0 radical (unpaired) electrons. The van der Waals surface area contributed by atoms with Crippen molar-refractivity contribution < 1.29 is 13.7 Å². The molecule has 4 nitrogen and oxygen atoms in total. The van der Waals surface area contributed by atoms with Crippen LogP contribution in [0.2, 0.25) is 5.02 Å². The highest BCUT2D eigenvalue weighted by atomic mass is 35.5. The van der Waals surface area contributed by atoms with Crippen LogP contribution < -0.4 is 4.90 Å². The van der Waals surface area contributed by atoms with Crippen molar-refractivity contribution in [3.8, 4) is 0 Å². The van der Waals surface area contributed by atoms with E-state index in [-0.39, 0.29) is 29.2 Å². The summed E-state index contributed by atoms with van der Waals surface area (Å²) in [5, 5.41) is 11.0. The molecular formula is C11H11ClF2N2O2. The van der Waals surface area contributed by atoms with Gasteiger partial charge in [0.2, 0.25) is 0 Å². The van der Waals surface area contributed by atoms with Crippen LogP contribution in [0.5, 0.6) is 0 Å². The van der Waals surface area contributed by atoms with Crippen LogP contribution in [0.4, 0.5) is 20.2 Å². The first-order valence-electron chi connectivity index (χ1n) is 5.46. The van der Waals surface area contributed by atoms with Crippen LogP contribution in [0.15, 0.2) is 18.2 Å². The molecule has 0 bridgehead atoms. The number of rotatable bonds is 2.